The molecule has 1 aromatic carbocycles. The van der Waals surface area contributed by atoms with Gasteiger partial charge in [-0.3, -0.25) is 4.79 Å². The fraction of sp³-hybridized carbons (Fsp3) is 0.480. The molecule has 0 fully saturated rings. The number of aromatic nitrogens is 2. The Morgan fingerprint density at radius 1 is 0.969 bits per heavy atom. The Balaban J connectivity index is 1.53. The second-order valence-corrected chi connectivity index (χ2v) is 9.44. The molecule has 0 aliphatic heterocycles. The van der Waals surface area contributed by atoms with Crippen molar-refractivity contribution in [3.8, 4) is 11.1 Å². The van der Waals surface area contributed by atoms with Crippen LogP contribution in [-0.2, 0) is 4.79 Å². The minimum atomic E-state index is -0.698. The van der Waals surface area contributed by atoms with Crippen molar-refractivity contribution < 1.29 is 14.3 Å². The number of fused-ring (bicyclic) bond motifs is 1. The van der Waals surface area contributed by atoms with Crippen molar-refractivity contribution in [2.45, 2.75) is 71.6 Å². The van der Waals surface area contributed by atoms with E-state index < -0.39 is 5.97 Å². The number of carbonyl (C=O) groups is 1. The lowest BCUT2D eigenvalue weighted by Gasteiger charge is -2.10. The zero-order valence-corrected chi connectivity index (χ0v) is 19.7. The molecule has 0 unspecified atom stereocenters. The molecule has 0 aliphatic rings. The Labute approximate surface area is 193 Å². The Morgan fingerprint density at radius 2 is 1.59 bits per heavy atom. The van der Waals surface area contributed by atoms with Crippen LogP contribution in [0.3, 0.4) is 0 Å². The van der Waals surface area contributed by atoms with Gasteiger partial charge >= 0.3 is 5.97 Å². The largest absolute Gasteiger partial charge is 0.481 e. The average molecular weight is 458 g/mol. The Bertz CT molecular complexity index is 1030. The van der Waals surface area contributed by atoms with E-state index in [4.69, 9.17) is 5.11 Å². The Morgan fingerprint density at radius 3 is 2.25 bits per heavy atom. The van der Waals surface area contributed by atoms with Gasteiger partial charge in [0, 0.05) is 23.4 Å². The van der Waals surface area contributed by atoms with Crippen molar-refractivity contribution in [1.82, 2.24) is 9.97 Å². The van der Waals surface area contributed by atoms with Gasteiger partial charge in [0.15, 0.2) is 0 Å². The number of aliphatic carboxylic acids is 1. The molecule has 0 saturated heterocycles. The van der Waals surface area contributed by atoms with Crippen molar-refractivity contribution in [2.75, 3.05) is 11.9 Å². The van der Waals surface area contributed by atoms with Gasteiger partial charge in [-0.15, -0.1) is 11.3 Å². The lowest BCUT2D eigenvalue weighted by Crippen LogP contribution is -2.05. The van der Waals surface area contributed by atoms with Crippen LogP contribution < -0.4 is 5.32 Å². The first-order chi connectivity index (χ1) is 15.5. The molecule has 0 radical (unpaired) electrons. The summed E-state index contributed by atoms with van der Waals surface area (Å²) in [5.74, 6) is 0.664. The summed E-state index contributed by atoms with van der Waals surface area (Å²) in [6, 6.07) is 6.61. The molecule has 0 atom stereocenters. The van der Waals surface area contributed by atoms with E-state index in [2.05, 4.69) is 22.2 Å². The monoisotopic (exact) mass is 457 g/mol. The van der Waals surface area contributed by atoms with Crippen LogP contribution >= 0.6 is 11.3 Å². The highest BCUT2D eigenvalue weighted by Crippen LogP contribution is 2.40. The van der Waals surface area contributed by atoms with E-state index in [1.807, 2.05) is 19.1 Å². The maximum Gasteiger partial charge on any atom is 0.303 e. The molecule has 3 rings (SSSR count). The number of unbranched alkanes of at least 4 members (excludes halogenated alkanes) is 7. The van der Waals surface area contributed by atoms with E-state index in [1.165, 1.54) is 31.4 Å². The van der Waals surface area contributed by atoms with Gasteiger partial charge in [0.25, 0.3) is 0 Å². The SMILES string of the molecule is Cc1nc(NCCCCCCCCCCC(=O)O)c2c(-c3ccc(F)cc3)c(C)sc2n1. The zero-order valence-electron chi connectivity index (χ0n) is 18.9. The second-order valence-electron chi connectivity index (χ2n) is 8.24. The van der Waals surface area contributed by atoms with E-state index in [0.717, 1.165) is 76.5 Å². The third-order valence-electron chi connectivity index (χ3n) is 5.58. The molecule has 2 heterocycles. The first-order valence-electron chi connectivity index (χ1n) is 11.4. The van der Waals surface area contributed by atoms with E-state index >= 15 is 0 Å². The predicted octanol–water partition coefficient (Wildman–Crippen LogP) is 7.12. The maximum absolute atomic E-state index is 13.4. The number of nitrogens with zero attached hydrogens (tertiary/aromatic N) is 2. The number of nitrogens with one attached hydrogen (secondary N) is 1. The number of anilines is 1. The molecule has 0 saturated carbocycles. The van der Waals surface area contributed by atoms with Gasteiger partial charge in [0.1, 0.15) is 22.3 Å². The number of hydrogen-bond acceptors (Lipinski definition) is 5. The summed E-state index contributed by atoms with van der Waals surface area (Å²) in [7, 11) is 0. The van der Waals surface area contributed by atoms with Crippen LogP contribution in [-0.4, -0.2) is 27.6 Å². The van der Waals surface area contributed by atoms with E-state index in [1.54, 1.807) is 11.3 Å². The maximum atomic E-state index is 13.4. The van der Waals surface area contributed by atoms with Gasteiger partial charge in [-0.25, -0.2) is 14.4 Å². The Kier molecular flexibility index (Phi) is 8.97. The summed E-state index contributed by atoms with van der Waals surface area (Å²) in [5.41, 5.74) is 2.06. The standard InChI is InChI=1S/C25H32FN3O2S/c1-17-22(19-12-14-20(26)15-13-19)23-24(28-18(2)29-25(23)32-17)27-16-10-8-6-4-3-5-7-9-11-21(30)31/h12-15H,3-11,16H2,1-2H3,(H,30,31)(H,27,28,29). The predicted molar refractivity (Wildman–Crippen MR) is 130 cm³/mol. The van der Waals surface area contributed by atoms with Crippen molar-refractivity contribution in [3.05, 3.63) is 40.8 Å². The molecular formula is C25H32FN3O2S. The zero-order chi connectivity index (χ0) is 22.9. The molecule has 0 bridgehead atoms. The number of halogens is 1. The summed E-state index contributed by atoms with van der Waals surface area (Å²) >= 11 is 1.65. The van der Waals surface area contributed by atoms with E-state index in [0.29, 0.717) is 0 Å². The minimum absolute atomic E-state index is 0.239. The van der Waals surface area contributed by atoms with Crippen LogP contribution in [0.25, 0.3) is 21.3 Å². The summed E-state index contributed by atoms with van der Waals surface area (Å²) in [5, 5.41) is 13.2. The van der Waals surface area contributed by atoms with Crippen molar-refractivity contribution >= 4 is 33.3 Å². The molecule has 3 aromatic rings. The van der Waals surface area contributed by atoms with E-state index in [-0.39, 0.29) is 12.2 Å². The number of aryl methyl sites for hydroxylation is 2. The van der Waals surface area contributed by atoms with Gasteiger partial charge in [0.2, 0.25) is 0 Å². The van der Waals surface area contributed by atoms with Crippen LogP contribution in [0.1, 0.15) is 68.5 Å². The normalized spacial score (nSPS) is 11.2. The molecule has 2 aromatic heterocycles. The number of thiophene rings is 1. The van der Waals surface area contributed by atoms with E-state index in [9.17, 15) is 9.18 Å². The summed E-state index contributed by atoms with van der Waals surface area (Å²) in [6.45, 7) is 4.83. The van der Waals surface area contributed by atoms with Gasteiger partial charge < -0.3 is 10.4 Å². The van der Waals surface area contributed by atoms with Gasteiger partial charge in [0.05, 0.1) is 5.39 Å². The second kappa shape index (κ2) is 11.9. The number of carboxylic acid groups (broad SMARTS) is 1. The number of carboxylic acids is 1. The molecule has 32 heavy (non-hydrogen) atoms. The molecule has 5 nitrogen and oxygen atoms in total. The lowest BCUT2D eigenvalue weighted by molar-refractivity contribution is -0.137. The third-order valence-corrected chi connectivity index (χ3v) is 6.58. The molecule has 172 valence electrons. The summed E-state index contributed by atoms with van der Waals surface area (Å²) < 4.78 is 13.4. The molecule has 0 spiro atoms. The quantitative estimate of drug-likeness (QED) is 0.267. The van der Waals surface area contributed by atoms with Gasteiger partial charge in [-0.05, 0) is 44.4 Å². The highest BCUT2D eigenvalue weighted by Gasteiger charge is 2.17. The first kappa shape index (κ1) is 24.1. The number of rotatable bonds is 13. The van der Waals surface area contributed by atoms with Crippen molar-refractivity contribution in [2.24, 2.45) is 0 Å². The van der Waals surface area contributed by atoms with Crippen molar-refractivity contribution in [3.63, 3.8) is 0 Å². The summed E-state index contributed by atoms with van der Waals surface area (Å²) in [6.07, 6.45) is 8.98. The van der Waals surface area contributed by atoms with Crippen LogP contribution in [0.4, 0.5) is 10.2 Å². The average Bonchev–Trinajstić information content (AvgIpc) is 3.07. The van der Waals surface area contributed by atoms with Crippen molar-refractivity contribution in [1.29, 1.82) is 0 Å². The molecule has 0 amide bonds. The fourth-order valence-corrected chi connectivity index (χ4v) is 5.07. The van der Waals surface area contributed by atoms with Crippen LogP contribution in [0.2, 0.25) is 0 Å². The lowest BCUT2D eigenvalue weighted by atomic mass is 10.0. The minimum Gasteiger partial charge on any atom is -0.481 e. The molecular weight excluding hydrogens is 425 g/mol. The summed E-state index contributed by atoms with van der Waals surface area (Å²) in [4.78, 5) is 21.9. The van der Waals surface area contributed by atoms with Crippen LogP contribution in [0.15, 0.2) is 24.3 Å². The highest BCUT2D eigenvalue weighted by molar-refractivity contribution is 7.19. The molecule has 0 aliphatic carbocycles. The van der Waals surface area contributed by atoms with Crippen LogP contribution in [0, 0.1) is 19.7 Å². The fourth-order valence-electron chi connectivity index (χ4n) is 3.98. The van der Waals surface area contributed by atoms with Gasteiger partial charge in [-0.1, -0.05) is 50.7 Å². The molecule has 2 N–H and O–H groups in total. The molecule has 7 heteroatoms. The van der Waals surface area contributed by atoms with Crippen LogP contribution in [0.5, 0.6) is 0 Å². The number of benzene rings is 1. The third kappa shape index (κ3) is 6.73. The Hall–Kier alpha value is -2.54. The topological polar surface area (TPSA) is 75.1 Å². The highest BCUT2D eigenvalue weighted by atomic mass is 32.1. The first-order valence-corrected chi connectivity index (χ1v) is 12.3. The number of hydrogen-bond donors (Lipinski definition) is 2. The van der Waals surface area contributed by atoms with Gasteiger partial charge in [-0.2, -0.15) is 0 Å². The smallest absolute Gasteiger partial charge is 0.303 e.